The van der Waals surface area contributed by atoms with Crippen LogP contribution in [0.5, 0.6) is 0 Å². The summed E-state index contributed by atoms with van der Waals surface area (Å²) in [5, 5.41) is 3.01. The Kier molecular flexibility index (Phi) is 6.75. The first-order valence-corrected chi connectivity index (χ1v) is 7.19. The second-order valence-electron chi connectivity index (χ2n) is 5.14. The number of hydrogen-bond acceptors (Lipinski definition) is 4. The van der Waals surface area contributed by atoms with Crippen molar-refractivity contribution in [2.75, 3.05) is 25.9 Å². The normalized spacial score (nSPS) is 11.1. The molecule has 0 aliphatic carbocycles. The third-order valence-electron chi connectivity index (χ3n) is 3.21. The van der Waals surface area contributed by atoms with Crippen LogP contribution in [-0.4, -0.2) is 42.0 Å². The van der Waals surface area contributed by atoms with Crippen LogP contribution in [0, 0.1) is 0 Å². The zero-order valence-corrected chi connectivity index (χ0v) is 13.1. The van der Waals surface area contributed by atoms with Gasteiger partial charge in [0.25, 0.3) is 5.91 Å². The van der Waals surface area contributed by atoms with Crippen LogP contribution in [0.15, 0.2) is 12.3 Å². The van der Waals surface area contributed by atoms with Crippen molar-refractivity contribution in [3.05, 3.63) is 23.0 Å². The predicted octanol–water partition coefficient (Wildman–Crippen LogP) is 2.17. The van der Waals surface area contributed by atoms with E-state index in [1.54, 1.807) is 0 Å². The summed E-state index contributed by atoms with van der Waals surface area (Å²) in [6.07, 6.45) is 3.40. The molecule has 0 spiro atoms. The molecule has 0 saturated carbocycles. The summed E-state index contributed by atoms with van der Waals surface area (Å²) in [5.41, 5.74) is 6.35. The van der Waals surface area contributed by atoms with Crippen molar-refractivity contribution in [1.82, 2.24) is 15.2 Å². The molecule has 0 aromatic carbocycles. The predicted molar refractivity (Wildman–Crippen MR) is 83.0 cm³/mol. The molecule has 20 heavy (non-hydrogen) atoms. The Morgan fingerprint density at radius 2 is 2.20 bits per heavy atom. The Morgan fingerprint density at radius 1 is 1.50 bits per heavy atom. The summed E-state index contributed by atoms with van der Waals surface area (Å²) in [4.78, 5) is 18.1. The molecule has 3 N–H and O–H groups in total. The number of nitrogen functional groups attached to an aromatic ring is 1. The lowest BCUT2D eigenvalue weighted by molar-refractivity contribution is 0.0952. The summed E-state index contributed by atoms with van der Waals surface area (Å²) in [5.74, 6) is -0.230. The fraction of sp³-hybridized carbons (Fsp3) is 0.571. The molecule has 0 aliphatic heterocycles. The number of carbonyl (C=O) groups is 1. The zero-order chi connectivity index (χ0) is 15.1. The van der Waals surface area contributed by atoms with Gasteiger partial charge in [-0.05, 0) is 46.3 Å². The number of nitrogens with one attached hydrogen (secondary N) is 1. The van der Waals surface area contributed by atoms with Crippen LogP contribution in [0.25, 0.3) is 0 Å². The number of nitrogens with zero attached hydrogens (tertiary/aromatic N) is 2. The number of halogens is 1. The minimum absolute atomic E-state index is 0.177. The molecule has 0 atom stereocenters. The largest absolute Gasteiger partial charge is 0.397 e. The van der Waals surface area contributed by atoms with Crippen LogP contribution in [0.4, 0.5) is 5.69 Å². The van der Waals surface area contributed by atoms with Gasteiger partial charge in [0.2, 0.25) is 0 Å². The van der Waals surface area contributed by atoms with Crippen molar-refractivity contribution in [3.63, 3.8) is 0 Å². The highest BCUT2D eigenvalue weighted by Crippen LogP contribution is 2.15. The van der Waals surface area contributed by atoms with Crippen LogP contribution >= 0.6 is 11.6 Å². The molecular formula is C14H23ClN4O. The molecule has 5 nitrogen and oxygen atoms in total. The molecular weight excluding hydrogens is 276 g/mol. The van der Waals surface area contributed by atoms with Gasteiger partial charge in [-0.25, -0.2) is 4.98 Å². The van der Waals surface area contributed by atoms with Gasteiger partial charge in [-0.1, -0.05) is 11.6 Å². The van der Waals surface area contributed by atoms with E-state index >= 15 is 0 Å². The van der Waals surface area contributed by atoms with Crippen LogP contribution in [0.2, 0.25) is 5.15 Å². The summed E-state index contributed by atoms with van der Waals surface area (Å²) >= 11 is 5.87. The van der Waals surface area contributed by atoms with Crippen LogP contribution in [0.1, 0.15) is 37.0 Å². The number of nitrogens with two attached hydrogens (primary N) is 1. The maximum Gasteiger partial charge on any atom is 0.254 e. The number of carbonyl (C=O) groups excluding carboxylic acids is 1. The fourth-order valence-electron chi connectivity index (χ4n) is 1.67. The second-order valence-corrected chi connectivity index (χ2v) is 5.50. The third kappa shape index (κ3) is 5.35. The number of anilines is 1. The highest BCUT2D eigenvalue weighted by Gasteiger charge is 2.11. The molecule has 1 aromatic heterocycles. The maximum absolute atomic E-state index is 11.9. The van der Waals surface area contributed by atoms with Gasteiger partial charge >= 0.3 is 0 Å². The van der Waals surface area contributed by atoms with Crippen molar-refractivity contribution in [1.29, 1.82) is 0 Å². The van der Waals surface area contributed by atoms with Gasteiger partial charge in [0, 0.05) is 12.6 Å². The molecule has 1 aromatic rings. The zero-order valence-electron chi connectivity index (χ0n) is 12.3. The van der Waals surface area contributed by atoms with Gasteiger partial charge < -0.3 is 16.0 Å². The first kappa shape index (κ1) is 16.7. The average Bonchev–Trinajstić information content (AvgIpc) is 2.40. The Balaban J connectivity index is 2.32. The third-order valence-corrected chi connectivity index (χ3v) is 3.51. The second kappa shape index (κ2) is 8.07. The molecule has 0 aliphatic rings. The van der Waals surface area contributed by atoms with Gasteiger partial charge in [-0.15, -0.1) is 0 Å². The van der Waals surface area contributed by atoms with E-state index in [1.807, 2.05) is 0 Å². The van der Waals surface area contributed by atoms with Crippen LogP contribution in [-0.2, 0) is 0 Å². The first-order chi connectivity index (χ1) is 9.41. The standard InChI is InChI=1S/C14H23ClN4O/c1-10(2)19(3)7-5-4-6-17-14(20)12-8-11(16)9-18-13(12)15/h8-10H,4-7,16H2,1-3H3,(H,17,20). The van der Waals surface area contributed by atoms with E-state index < -0.39 is 0 Å². The minimum atomic E-state index is -0.230. The Bertz CT molecular complexity index is 451. The molecule has 1 rings (SSSR count). The number of amides is 1. The monoisotopic (exact) mass is 298 g/mol. The molecule has 6 heteroatoms. The Morgan fingerprint density at radius 3 is 2.85 bits per heavy atom. The Labute approximate surface area is 125 Å². The lowest BCUT2D eigenvalue weighted by Crippen LogP contribution is -2.29. The first-order valence-electron chi connectivity index (χ1n) is 6.81. The molecule has 1 heterocycles. The quantitative estimate of drug-likeness (QED) is 0.598. The highest BCUT2D eigenvalue weighted by atomic mass is 35.5. The molecule has 0 radical (unpaired) electrons. The summed E-state index contributed by atoms with van der Waals surface area (Å²) in [6, 6.07) is 2.08. The number of unbranched alkanes of at least 4 members (excludes halogenated alkanes) is 1. The van der Waals surface area contributed by atoms with Crippen LogP contribution in [0.3, 0.4) is 0 Å². The number of aromatic nitrogens is 1. The van der Waals surface area contributed by atoms with E-state index in [9.17, 15) is 4.79 Å². The lowest BCUT2D eigenvalue weighted by atomic mass is 10.2. The van der Waals surface area contributed by atoms with Crippen LogP contribution < -0.4 is 11.1 Å². The molecule has 112 valence electrons. The van der Waals surface area contributed by atoms with Gasteiger partial charge in [-0.3, -0.25) is 4.79 Å². The Hall–Kier alpha value is -1.33. The summed E-state index contributed by atoms with van der Waals surface area (Å²) in [6.45, 7) is 5.97. The topological polar surface area (TPSA) is 71.2 Å². The number of hydrogen-bond donors (Lipinski definition) is 2. The molecule has 0 saturated heterocycles. The van der Waals surface area contributed by atoms with E-state index in [-0.39, 0.29) is 11.1 Å². The SMILES string of the molecule is CC(C)N(C)CCCCNC(=O)c1cc(N)cnc1Cl. The smallest absolute Gasteiger partial charge is 0.254 e. The van der Waals surface area contributed by atoms with Gasteiger partial charge in [0.1, 0.15) is 5.15 Å². The average molecular weight is 299 g/mol. The number of pyridine rings is 1. The van der Waals surface area contributed by atoms with E-state index in [0.717, 1.165) is 19.4 Å². The van der Waals surface area contributed by atoms with Crippen molar-refractivity contribution in [2.24, 2.45) is 0 Å². The van der Waals surface area contributed by atoms with Crippen molar-refractivity contribution in [3.8, 4) is 0 Å². The highest BCUT2D eigenvalue weighted by molar-refractivity contribution is 6.32. The van der Waals surface area contributed by atoms with E-state index in [2.05, 4.69) is 36.1 Å². The summed E-state index contributed by atoms with van der Waals surface area (Å²) in [7, 11) is 2.10. The van der Waals surface area contributed by atoms with Gasteiger partial charge in [0.05, 0.1) is 17.4 Å². The lowest BCUT2D eigenvalue weighted by Gasteiger charge is -2.20. The molecule has 0 fully saturated rings. The van der Waals surface area contributed by atoms with Crippen molar-refractivity contribution in [2.45, 2.75) is 32.7 Å². The maximum atomic E-state index is 11.9. The van der Waals surface area contributed by atoms with Gasteiger partial charge in [0.15, 0.2) is 0 Å². The van der Waals surface area contributed by atoms with Gasteiger partial charge in [-0.2, -0.15) is 0 Å². The van der Waals surface area contributed by atoms with E-state index in [4.69, 9.17) is 17.3 Å². The van der Waals surface area contributed by atoms with E-state index in [0.29, 0.717) is 23.8 Å². The summed E-state index contributed by atoms with van der Waals surface area (Å²) < 4.78 is 0. The molecule has 0 bridgehead atoms. The van der Waals surface area contributed by atoms with Crippen molar-refractivity contribution >= 4 is 23.2 Å². The van der Waals surface area contributed by atoms with Crippen molar-refractivity contribution < 1.29 is 4.79 Å². The van der Waals surface area contributed by atoms with E-state index in [1.165, 1.54) is 12.3 Å². The molecule has 1 amide bonds. The fourth-order valence-corrected chi connectivity index (χ4v) is 1.85. The number of rotatable bonds is 7. The minimum Gasteiger partial charge on any atom is -0.397 e. The molecule has 0 unspecified atom stereocenters.